The number of fused-ring (bicyclic) bond motifs is 1. The fraction of sp³-hybridized carbons (Fsp3) is 0.167. The largest absolute Gasteiger partial charge is 0.394 e. The molecule has 1 aliphatic rings. The Hall–Kier alpha value is -2.54. The molecule has 2 N–H and O–H groups in total. The third-order valence-electron chi connectivity index (χ3n) is 3.09. The Kier molecular flexibility index (Phi) is 2.42. The Morgan fingerprint density at radius 1 is 1.42 bits per heavy atom. The summed E-state index contributed by atoms with van der Waals surface area (Å²) in [5.74, 6) is 0.559. The van der Waals surface area contributed by atoms with Crippen molar-refractivity contribution in [2.75, 3.05) is 5.32 Å². The van der Waals surface area contributed by atoms with Crippen LogP contribution in [0.1, 0.15) is 5.56 Å². The Balaban J connectivity index is 1.93. The van der Waals surface area contributed by atoms with Gasteiger partial charge in [-0.3, -0.25) is 10.1 Å². The van der Waals surface area contributed by atoms with Gasteiger partial charge in [-0.2, -0.15) is 0 Å². The molecule has 7 heteroatoms. The summed E-state index contributed by atoms with van der Waals surface area (Å²) in [6.07, 6.45) is 3.43. The maximum Gasteiger partial charge on any atom is 0.394 e. The van der Waals surface area contributed by atoms with Crippen molar-refractivity contribution >= 4 is 11.6 Å². The number of hydrogen-bond acceptors (Lipinski definition) is 5. The minimum absolute atomic E-state index is 0.00589. The lowest BCUT2D eigenvalue weighted by molar-refractivity contribution is -0.685. The van der Waals surface area contributed by atoms with Crippen molar-refractivity contribution in [2.45, 2.75) is 12.3 Å². The van der Waals surface area contributed by atoms with E-state index in [1.807, 2.05) is 0 Å². The lowest BCUT2D eigenvalue weighted by Gasteiger charge is -2.17. The van der Waals surface area contributed by atoms with Crippen LogP contribution in [0.4, 0.5) is 11.6 Å². The van der Waals surface area contributed by atoms with Crippen molar-refractivity contribution in [3.05, 3.63) is 58.4 Å². The summed E-state index contributed by atoms with van der Waals surface area (Å²) in [6.45, 7) is 0.300. The molecule has 0 fully saturated rings. The summed E-state index contributed by atoms with van der Waals surface area (Å²) >= 11 is 0. The van der Waals surface area contributed by atoms with Crippen LogP contribution in [0.5, 0.6) is 0 Å². The number of nitrogens with zero attached hydrogens (tertiary/aromatic N) is 3. The van der Waals surface area contributed by atoms with Crippen LogP contribution in [0.3, 0.4) is 0 Å². The molecule has 7 nitrogen and oxygen atoms in total. The molecule has 0 saturated carbocycles. The van der Waals surface area contributed by atoms with Crippen molar-refractivity contribution in [2.24, 2.45) is 0 Å². The standard InChI is InChI=1S/C12H10N4O3/c17-12(8-15-7-1-6-13-11(15)14-12)9-2-4-10(5-3-9)16(18)19/h1-7,17H,8H2/p+1. The average molecular weight is 259 g/mol. The third-order valence-corrected chi connectivity index (χ3v) is 3.09. The number of rotatable bonds is 2. The van der Waals surface area contributed by atoms with Gasteiger partial charge in [0.1, 0.15) is 12.7 Å². The number of non-ortho nitro benzene ring substituents is 1. The van der Waals surface area contributed by atoms with Gasteiger partial charge in [-0.25, -0.2) is 9.88 Å². The molecule has 1 aromatic carbocycles. The molecule has 1 atom stereocenters. The van der Waals surface area contributed by atoms with Gasteiger partial charge in [0, 0.05) is 23.8 Å². The second-order valence-electron chi connectivity index (χ2n) is 4.36. The Morgan fingerprint density at radius 2 is 2.16 bits per heavy atom. The van der Waals surface area contributed by atoms with Gasteiger partial charge >= 0.3 is 5.95 Å². The first-order valence-electron chi connectivity index (χ1n) is 5.68. The molecule has 19 heavy (non-hydrogen) atoms. The predicted octanol–water partition coefficient (Wildman–Crippen LogP) is 0.548. The molecule has 0 amide bonds. The number of anilines is 1. The van der Waals surface area contributed by atoms with Gasteiger partial charge < -0.3 is 5.11 Å². The number of nitro groups is 1. The molecule has 0 spiro atoms. The topological polar surface area (TPSA) is 92.2 Å². The zero-order valence-corrected chi connectivity index (χ0v) is 9.85. The number of benzene rings is 1. The summed E-state index contributed by atoms with van der Waals surface area (Å²) in [5.41, 5.74) is -0.742. The molecule has 1 unspecified atom stereocenters. The average Bonchev–Trinajstić information content (AvgIpc) is 2.76. The van der Waals surface area contributed by atoms with Gasteiger partial charge in [0.05, 0.1) is 11.1 Å². The normalized spacial score (nSPS) is 20.7. The number of nitrogens with one attached hydrogen (secondary N) is 1. The van der Waals surface area contributed by atoms with Crippen LogP contribution in [0.25, 0.3) is 0 Å². The highest BCUT2D eigenvalue weighted by Gasteiger charge is 2.43. The highest BCUT2D eigenvalue weighted by Crippen LogP contribution is 2.27. The van der Waals surface area contributed by atoms with Gasteiger partial charge in [0.25, 0.3) is 5.69 Å². The molecule has 0 bridgehead atoms. The number of aliphatic hydroxyl groups is 1. The molecule has 0 aliphatic carbocycles. The fourth-order valence-electron chi connectivity index (χ4n) is 2.13. The molecule has 1 aromatic heterocycles. The molecule has 2 heterocycles. The Morgan fingerprint density at radius 3 is 2.79 bits per heavy atom. The van der Waals surface area contributed by atoms with E-state index in [1.54, 1.807) is 23.0 Å². The van der Waals surface area contributed by atoms with Crippen molar-refractivity contribution in [3.63, 3.8) is 0 Å². The van der Waals surface area contributed by atoms with Gasteiger partial charge in [-0.1, -0.05) is 4.98 Å². The van der Waals surface area contributed by atoms with Crippen molar-refractivity contribution in [1.29, 1.82) is 0 Å². The molecule has 0 radical (unpaired) electrons. The van der Waals surface area contributed by atoms with Crippen LogP contribution in [0.2, 0.25) is 0 Å². The maximum atomic E-state index is 10.6. The van der Waals surface area contributed by atoms with Crippen molar-refractivity contribution < 1.29 is 14.6 Å². The third kappa shape index (κ3) is 1.89. The van der Waals surface area contributed by atoms with E-state index in [4.69, 9.17) is 0 Å². The molecular weight excluding hydrogens is 248 g/mol. The molecular formula is C12H11N4O3+. The van der Waals surface area contributed by atoms with Gasteiger partial charge in [-0.05, 0) is 12.1 Å². The minimum Gasteiger partial charge on any atom is -0.353 e. The maximum absolute atomic E-state index is 10.6. The van der Waals surface area contributed by atoms with Gasteiger partial charge in [-0.15, -0.1) is 0 Å². The quantitative estimate of drug-likeness (QED) is 0.466. The van der Waals surface area contributed by atoms with Crippen LogP contribution < -0.4 is 9.88 Å². The number of aromatic nitrogens is 2. The van der Waals surface area contributed by atoms with Crippen LogP contribution in [-0.2, 0) is 12.3 Å². The zero-order chi connectivity index (χ0) is 13.5. The number of nitro benzene ring substituents is 1. The van der Waals surface area contributed by atoms with E-state index < -0.39 is 10.6 Å². The second-order valence-corrected chi connectivity index (χ2v) is 4.36. The highest BCUT2D eigenvalue weighted by atomic mass is 16.6. The number of hydrogen-bond donors (Lipinski definition) is 2. The van der Waals surface area contributed by atoms with Crippen LogP contribution in [-0.4, -0.2) is 15.0 Å². The van der Waals surface area contributed by atoms with E-state index in [2.05, 4.69) is 10.3 Å². The molecule has 96 valence electrons. The van der Waals surface area contributed by atoms with Crippen molar-refractivity contribution in [3.8, 4) is 0 Å². The van der Waals surface area contributed by atoms with Crippen LogP contribution in [0, 0.1) is 10.1 Å². The second kappa shape index (κ2) is 3.99. The monoisotopic (exact) mass is 259 g/mol. The molecule has 2 aromatic rings. The SMILES string of the molecule is O=[N+]([O-])c1ccc(C2(O)C[n+]3cccnc3N2)cc1. The Labute approximate surface area is 108 Å². The minimum atomic E-state index is -1.30. The zero-order valence-electron chi connectivity index (χ0n) is 9.85. The fourth-order valence-corrected chi connectivity index (χ4v) is 2.13. The summed E-state index contributed by atoms with van der Waals surface area (Å²) in [6, 6.07) is 7.59. The van der Waals surface area contributed by atoms with Crippen LogP contribution >= 0.6 is 0 Å². The summed E-state index contributed by atoms with van der Waals surface area (Å²) in [4.78, 5) is 14.2. The molecule has 3 rings (SSSR count). The first kappa shape index (κ1) is 11.5. The van der Waals surface area contributed by atoms with E-state index in [1.165, 1.54) is 24.3 Å². The molecule has 0 saturated heterocycles. The predicted molar refractivity (Wildman–Crippen MR) is 65.0 cm³/mol. The lowest BCUT2D eigenvalue weighted by Crippen LogP contribution is -2.39. The summed E-state index contributed by atoms with van der Waals surface area (Å²) in [7, 11) is 0. The van der Waals surface area contributed by atoms with E-state index in [-0.39, 0.29) is 5.69 Å². The first-order valence-corrected chi connectivity index (χ1v) is 5.68. The Bertz CT molecular complexity index is 617. The van der Waals surface area contributed by atoms with Crippen molar-refractivity contribution in [1.82, 2.24) is 4.98 Å². The van der Waals surface area contributed by atoms with E-state index in [0.29, 0.717) is 18.1 Å². The van der Waals surface area contributed by atoms with E-state index >= 15 is 0 Å². The van der Waals surface area contributed by atoms with E-state index in [9.17, 15) is 15.2 Å². The lowest BCUT2D eigenvalue weighted by atomic mass is 10.0. The van der Waals surface area contributed by atoms with Crippen LogP contribution in [0.15, 0.2) is 42.7 Å². The van der Waals surface area contributed by atoms with E-state index in [0.717, 1.165) is 0 Å². The summed E-state index contributed by atoms with van der Waals surface area (Å²) in [5, 5.41) is 24.1. The highest BCUT2D eigenvalue weighted by molar-refractivity contribution is 5.39. The van der Waals surface area contributed by atoms with Gasteiger partial charge in [0.15, 0.2) is 0 Å². The van der Waals surface area contributed by atoms with Gasteiger partial charge in [0.2, 0.25) is 5.72 Å². The summed E-state index contributed by atoms with van der Waals surface area (Å²) < 4.78 is 1.78. The molecule has 1 aliphatic heterocycles. The smallest absolute Gasteiger partial charge is 0.353 e. The first-order chi connectivity index (χ1) is 9.08.